The summed E-state index contributed by atoms with van der Waals surface area (Å²) in [5.41, 5.74) is 3.75. The highest BCUT2D eigenvalue weighted by molar-refractivity contribution is 5.92. The van der Waals surface area contributed by atoms with Crippen molar-refractivity contribution in [3.05, 3.63) is 78.1 Å². The molecule has 0 aliphatic heterocycles. The molecule has 0 aliphatic carbocycles. The van der Waals surface area contributed by atoms with Gasteiger partial charge in [-0.25, -0.2) is 9.37 Å². The SMILES string of the molecule is CC(C)(C)c1cc(-c2ccc3ccccc3n2)cc2cccc(F)c12. The Morgan fingerprint density at radius 2 is 1.56 bits per heavy atom. The van der Waals surface area contributed by atoms with Gasteiger partial charge in [0.1, 0.15) is 5.82 Å². The number of benzene rings is 3. The van der Waals surface area contributed by atoms with Crippen molar-refractivity contribution in [3.8, 4) is 11.3 Å². The lowest BCUT2D eigenvalue weighted by Crippen LogP contribution is -2.12. The number of halogens is 1. The predicted molar refractivity (Wildman–Crippen MR) is 103 cm³/mol. The van der Waals surface area contributed by atoms with Crippen LogP contribution in [0, 0.1) is 5.82 Å². The van der Waals surface area contributed by atoms with Crippen LogP contribution in [0.1, 0.15) is 26.3 Å². The van der Waals surface area contributed by atoms with Crippen molar-refractivity contribution < 1.29 is 4.39 Å². The van der Waals surface area contributed by atoms with Crippen molar-refractivity contribution in [1.29, 1.82) is 0 Å². The summed E-state index contributed by atoms with van der Waals surface area (Å²) in [5, 5.41) is 2.74. The van der Waals surface area contributed by atoms with Gasteiger partial charge >= 0.3 is 0 Å². The fourth-order valence-corrected chi connectivity index (χ4v) is 3.35. The van der Waals surface area contributed by atoms with Crippen LogP contribution in [0.3, 0.4) is 0 Å². The molecule has 0 saturated heterocycles. The molecule has 4 aromatic rings. The van der Waals surface area contributed by atoms with E-state index in [0.29, 0.717) is 5.39 Å². The topological polar surface area (TPSA) is 12.9 Å². The van der Waals surface area contributed by atoms with Gasteiger partial charge in [0.25, 0.3) is 0 Å². The van der Waals surface area contributed by atoms with Crippen LogP contribution in [0.25, 0.3) is 32.9 Å². The van der Waals surface area contributed by atoms with E-state index < -0.39 is 0 Å². The molecule has 1 nitrogen and oxygen atoms in total. The second kappa shape index (κ2) is 5.66. The van der Waals surface area contributed by atoms with E-state index in [4.69, 9.17) is 4.98 Å². The minimum Gasteiger partial charge on any atom is -0.248 e. The zero-order valence-corrected chi connectivity index (χ0v) is 14.7. The third-order valence-corrected chi connectivity index (χ3v) is 4.63. The van der Waals surface area contributed by atoms with Crippen LogP contribution in [0.5, 0.6) is 0 Å². The Labute approximate surface area is 147 Å². The number of aromatic nitrogens is 1. The number of para-hydroxylation sites is 1. The Morgan fingerprint density at radius 1 is 0.800 bits per heavy atom. The molecule has 0 N–H and O–H groups in total. The molecule has 3 aromatic carbocycles. The number of pyridine rings is 1. The molecule has 0 aliphatic rings. The average Bonchev–Trinajstić information content (AvgIpc) is 2.60. The van der Waals surface area contributed by atoms with E-state index in [0.717, 1.165) is 33.1 Å². The number of fused-ring (bicyclic) bond motifs is 2. The summed E-state index contributed by atoms with van der Waals surface area (Å²) in [4.78, 5) is 4.80. The first-order valence-electron chi connectivity index (χ1n) is 8.52. The smallest absolute Gasteiger partial charge is 0.131 e. The van der Waals surface area contributed by atoms with Gasteiger partial charge in [0.15, 0.2) is 0 Å². The largest absolute Gasteiger partial charge is 0.248 e. The van der Waals surface area contributed by atoms with Crippen LogP contribution in [0.15, 0.2) is 66.7 Å². The number of rotatable bonds is 1. The molecule has 2 heteroatoms. The van der Waals surface area contributed by atoms with Crippen LogP contribution in [-0.2, 0) is 5.41 Å². The van der Waals surface area contributed by atoms with Crippen LogP contribution in [-0.4, -0.2) is 4.98 Å². The van der Waals surface area contributed by atoms with Gasteiger partial charge in [0, 0.05) is 16.3 Å². The summed E-state index contributed by atoms with van der Waals surface area (Å²) in [6.45, 7) is 6.35. The molecule has 1 aromatic heterocycles. The van der Waals surface area contributed by atoms with E-state index in [2.05, 4.69) is 39.0 Å². The lowest BCUT2D eigenvalue weighted by molar-refractivity contribution is 0.586. The predicted octanol–water partition coefficient (Wildman–Crippen LogP) is 6.49. The molecule has 0 bridgehead atoms. The van der Waals surface area contributed by atoms with Crippen molar-refractivity contribution in [2.45, 2.75) is 26.2 Å². The molecule has 25 heavy (non-hydrogen) atoms. The van der Waals surface area contributed by atoms with Gasteiger partial charge in [-0.2, -0.15) is 0 Å². The summed E-state index contributed by atoms with van der Waals surface area (Å²) in [7, 11) is 0. The zero-order valence-electron chi connectivity index (χ0n) is 14.7. The van der Waals surface area contributed by atoms with Gasteiger partial charge in [-0.05, 0) is 46.7 Å². The molecular weight excluding hydrogens is 309 g/mol. The molecule has 0 radical (unpaired) electrons. The summed E-state index contributed by atoms with van der Waals surface area (Å²) < 4.78 is 14.5. The van der Waals surface area contributed by atoms with E-state index in [1.54, 1.807) is 6.07 Å². The molecule has 0 amide bonds. The lowest BCUT2D eigenvalue weighted by atomic mass is 9.82. The zero-order chi connectivity index (χ0) is 17.6. The highest BCUT2D eigenvalue weighted by atomic mass is 19.1. The Kier molecular flexibility index (Phi) is 3.57. The molecule has 124 valence electrons. The number of hydrogen-bond donors (Lipinski definition) is 0. The molecule has 0 fully saturated rings. The van der Waals surface area contributed by atoms with Crippen molar-refractivity contribution in [2.24, 2.45) is 0 Å². The Hall–Kier alpha value is -2.74. The first-order chi connectivity index (χ1) is 11.9. The fraction of sp³-hybridized carbons (Fsp3) is 0.174. The molecule has 0 spiro atoms. The quantitative estimate of drug-likeness (QED) is 0.389. The second-order valence-corrected chi connectivity index (χ2v) is 7.50. The Balaban J connectivity index is 2.01. The maximum Gasteiger partial charge on any atom is 0.131 e. The monoisotopic (exact) mass is 329 g/mol. The maximum atomic E-state index is 14.5. The van der Waals surface area contributed by atoms with E-state index in [1.165, 1.54) is 6.07 Å². The van der Waals surface area contributed by atoms with Gasteiger partial charge in [0.05, 0.1) is 11.2 Å². The third kappa shape index (κ3) is 2.78. The van der Waals surface area contributed by atoms with Crippen molar-refractivity contribution in [1.82, 2.24) is 4.98 Å². The molecule has 0 unspecified atom stereocenters. The first kappa shape index (κ1) is 15.8. The van der Waals surface area contributed by atoms with Gasteiger partial charge < -0.3 is 0 Å². The van der Waals surface area contributed by atoms with Crippen molar-refractivity contribution in [2.75, 3.05) is 0 Å². The standard InChI is InChI=1S/C23H20FN/c1-23(2,3)18-14-17(13-16-8-6-9-19(24)22(16)18)21-12-11-15-7-4-5-10-20(15)25-21/h4-14H,1-3H3. The Morgan fingerprint density at radius 3 is 2.36 bits per heavy atom. The molecule has 4 rings (SSSR count). The summed E-state index contributed by atoms with van der Waals surface area (Å²) in [6.07, 6.45) is 0. The molecule has 0 saturated carbocycles. The summed E-state index contributed by atoms with van der Waals surface area (Å²) in [5.74, 6) is -0.166. The van der Waals surface area contributed by atoms with E-state index in [1.807, 2.05) is 36.4 Å². The second-order valence-electron chi connectivity index (χ2n) is 7.50. The lowest BCUT2D eigenvalue weighted by Gasteiger charge is -2.23. The van der Waals surface area contributed by atoms with Gasteiger partial charge in [-0.3, -0.25) is 0 Å². The van der Waals surface area contributed by atoms with Crippen LogP contribution < -0.4 is 0 Å². The highest BCUT2D eigenvalue weighted by Gasteiger charge is 2.20. The summed E-state index contributed by atoms with van der Waals surface area (Å²) in [6, 6.07) is 21.6. The molecular formula is C23H20FN. The normalized spacial score (nSPS) is 12.0. The van der Waals surface area contributed by atoms with Crippen molar-refractivity contribution >= 4 is 21.7 Å². The maximum absolute atomic E-state index is 14.5. The van der Waals surface area contributed by atoms with E-state index >= 15 is 0 Å². The Bertz CT molecular complexity index is 1090. The van der Waals surface area contributed by atoms with Gasteiger partial charge in [-0.1, -0.05) is 57.2 Å². The van der Waals surface area contributed by atoms with Crippen LogP contribution in [0.2, 0.25) is 0 Å². The third-order valence-electron chi connectivity index (χ3n) is 4.63. The molecule has 0 atom stereocenters. The van der Waals surface area contributed by atoms with Gasteiger partial charge in [-0.15, -0.1) is 0 Å². The van der Waals surface area contributed by atoms with Crippen molar-refractivity contribution in [3.63, 3.8) is 0 Å². The fourth-order valence-electron chi connectivity index (χ4n) is 3.35. The van der Waals surface area contributed by atoms with Crippen LogP contribution in [0.4, 0.5) is 4.39 Å². The van der Waals surface area contributed by atoms with E-state index in [9.17, 15) is 4.39 Å². The summed E-state index contributed by atoms with van der Waals surface area (Å²) >= 11 is 0. The highest BCUT2D eigenvalue weighted by Crippen LogP contribution is 2.36. The molecule has 1 heterocycles. The van der Waals surface area contributed by atoms with Crippen LogP contribution >= 0.6 is 0 Å². The minimum absolute atomic E-state index is 0.159. The minimum atomic E-state index is -0.166. The van der Waals surface area contributed by atoms with Gasteiger partial charge in [0.2, 0.25) is 0 Å². The average molecular weight is 329 g/mol. The number of hydrogen-bond acceptors (Lipinski definition) is 1. The van der Waals surface area contributed by atoms with E-state index in [-0.39, 0.29) is 11.2 Å². The first-order valence-corrected chi connectivity index (χ1v) is 8.52. The number of nitrogens with zero attached hydrogens (tertiary/aromatic N) is 1.